The van der Waals surface area contributed by atoms with Gasteiger partial charge in [-0.3, -0.25) is 0 Å². The molecule has 1 saturated carbocycles. The van der Waals surface area contributed by atoms with Crippen molar-refractivity contribution < 1.29 is 37.5 Å². The molecule has 0 aromatic heterocycles. The van der Waals surface area contributed by atoms with Gasteiger partial charge in [0.25, 0.3) is 0 Å². The van der Waals surface area contributed by atoms with Gasteiger partial charge in [-0.25, -0.2) is 0 Å². The van der Waals surface area contributed by atoms with Gasteiger partial charge in [0.15, 0.2) is 0 Å². The zero-order chi connectivity index (χ0) is 12.7. The van der Waals surface area contributed by atoms with Crippen molar-refractivity contribution in [3.05, 3.63) is 0 Å². The summed E-state index contributed by atoms with van der Waals surface area (Å²) >= 11 is 0. The Morgan fingerprint density at radius 1 is 1.11 bits per heavy atom. The normalized spacial score (nSPS) is 22.7. The van der Waals surface area contributed by atoms with Crippen LogP contribution in [0.15, 0.2) is 0 Å². The minimum Gasteiger partial charge on any atom is -0.520 e. The number of hydrogen-bond acceptors (Lipinski definition) is 1. The number of nitrogens with zero attached hydrogens (tertiary/aromatic N) is 1. The number of likely N-dealkylation sites (tertiary alicyclic amines) is 1. The van der Waals surface area contributed by atoms with E-state index in [0.717, 1.165) is 19.0 Å². The molecule has 0 N–H and O–H groups in total. The maximum absolute atomic E-state index is 10.5. The van der Waals surface area contributed by atoms with E-state index in [2.05, 4.69) is 6.92 Å². The first-order valence-electron chi connectivity index (χ1n) is 7.41. The zero-order valence-corrected chi connectivity index (χ0v) is 15.2. The van der Waals surface area contributed by atoms with E-state index in [1.807, 2.05) is 25.2 Å². The predicted molar refractivity (Wildman–Crippen MR) is 72.5 cm³/mol. The van der Waals surface area contributed by atoms with Gasteiger partial charge in [0.05, 0.1) is 0 Å². The van der Waals surface area contributed by atoms with Crippen molar-refractivity contribution in [2.75, 3.05) is 13.1 Å². The van der Waals surface area contributed by atoms with Crippen LogP contribution in [0, 0.1) is 11.3 Å². The molecule has 103 valence electrons. The Morgan fingerprint density at radius 3 is 2.00 bits per heavy atom. The summed E-state index contributed by atoms with van der Waals surface area (Å²) in [6.45, 7) is 8.20. The summed E-state index contributed by atoms with van der Waals surface area (Å²) in [5.41, 5.74) is 0.596. The van der Waals surface area contributed by atoms with Crippen molar-refractivity contribution in [1.29, 1.82) is 0 Å². The second kappa shape index (κ2) is 9.47. The van der Waals surface area contributed by atoms with Crippen LogP contribution in [0.4, 0.5) is 0 Å². The topological polar surface area (TPSA) is 20.3 Å². The van der Waals surface area contributed by atoms with Crippen LogP contribution >= 0.6 is 0 Å². The van der Waals surface area contributed by atoms with Crippen LogP contribution in [0.1, 0.15) is 65.7 Å². The average Bonchev–Trinajstić information content (AvgIpc) is 2.43. The maximum atomic E-state index is 10.5. The molecule has 3 heteroatoms. The summed E-state index contributed by atoms with van der Waals surface area (Å²) in [6.07, 6.45) is 11.5. The zero-order valence-electron chi connectivity index (χ0n) is 12.4. The Labute approximate surface area is 138 Å². The number of hydrogen-bond donors (Lipinski definition) is 0. The summed E-state index contributed by atoms with van der Waals surface area (Å²) < 4.78 is 0. The van der Waals surface area contributed by atoms with Crippen molar-refractivity contribution >= 4 is 6.41 Å². The van der Waals surface area contributed by atoms with Crippen LogP contribution in [-0.4, -0.2) is 24.4 Å². The van der Waals surface area contributed by atoms with Gasteiger partial charge in [0, 0.05) is 32.7 Å². The largest absolute Gasteiger partial charge is 0.520 e. The second-order valence-corrected chi connectivity index (χ2v) is 5.43. The van der Waals surface area contributed by atoms with Gasteiger partial charge in [0.2, 0.25) is 0 Å². The molecular formula is C15H28NOY-. The monoisotopic (exact) mass is 327 g/mol. The van der Waals surface area contributed by atoms with Crippen LogP contribution < -0.4 is 0 Å². The van der Waals surface area contributed by atoms with Crippen LogP contribution in [0.2, 0.25) is 0 Å². The third kappa shape index (κ3) is 4.92. The third-order valence-corrected chi connectivity index (χ3v) is 4.70. The molecule has 2 nitrogen and oxygen atoms in total. The molecule has 2 aliphatic rings. The van der Waals surface area contributed by atoms with Gasteiger partial charge in [0.1, 0.15) is 0 Å². The molecule has 18 heavy (non-hydrogen) atoms. The minimum atomic E-state index is 0. The van der Waals surface area contributed by atoms with Gasteiger partial charge in [-0.05, 0) is 62.9 Å². The average molecular weight is 327 g/mol. The quantitative estimate of drug-likeness (QED) is 0.707. The first-order chi connectivity index (χ1) is 8.28. The van der Waals surface area contributed by atoms with Crippen LogP contribution in [0.3, 0.4) is 0 Å². The standard InChI is InChI=1S/C13H22NO.C2H6.Y/c1-2-12-3-5-13(6-4-12)7-9-14(11-15)10-8-13;1-2;/h12H,2-10H2,1H3;1-2H3;/q-1;;. The minimum absolute atomic E-state index is 0. The van der Waals surface area contributed by atoms with E-state index >= 15 is 0 Å². The Kier molecular flexibility index (Phi) is 9.78. The molecule has 1 aliphatic carbocycles. The van der Waals surface area contributed by atoms with Crippen molar-refractivity contribution in [1.82, 2.24) is 4.90 Å². The Morgan fingerprint density at radius 2 is 1.61 bits per heavy atom. The molecule has 1 saturated heterocycles. The van der Waals surface area contributed by atoms with Crippen molar-refractivity contribution in [3.8, 4) is 0 Å². The molecule has 1 radical (unpaired) electrons. The molecule has 0 aromatic carbocycles. The third-order valence-electron chi connectivity index (χ3n) is 4.70. The van der Waals surface area contributed by atoms with E-state index in [1.54, 1.807) is 0 Å². The maximum Gasteiger partial charge on any atom is 0 e. The fourth-order valence-electron chi connectivity index (χ4n) is 3.27. The van der Waals surface area contributed by atoms with Gasteiger partial charge in [-0.15, -0.1) is 0 Å². The fraction of sp³-hybridized carbons (Fsp3) is 0.933. The van der Waals surface area contributed by atoms with E-state index in [1.165, 1.54) is 44.9 Å². The van der Waals surface area contributed by atoms with Gasteiger partial charge in [-0.2, -0.15) is 6.41 Å². The number of carbonyl (C=O) groups excluding carboxylic acids is 1. The van der Waals surface area contributed by atoms with Crippen molar-refractivity contribution in [2.24, 2.45) is 11.3 Å². The molecule has 1 aliphatic heterocycles. The molecule has 1 heterocycles. The van der Waals surface area contributed by atoms with Gasteiger partial charge < -0.3 is 9.69 Å². The van der Waals surface area contributed by atoms with E-state index in [0.29, 0.717) is 5.41 Å². The Bertz CT molecular complexity index is 215. The van der Waals surface area contributed by atoms with Crippen molar-refractivity contribution in [2.45, 2.75) is 65.7 Å². The molecule has 0 aromatic rings. The van der Waals surface area contributed by atoms with Crippen LogP contribution in [0.5, 0.6) is 0 Å². The molecule has 1 amide bonds. The predicted octanol–water partition coefficient (Wildman–Crippen LogP) is 3.76. The molecule has 0 atom stereocenters. The summed E-state index contributed by atoms with van der Waals surface area (Å²) in [5.74, 6) is 0.978. The van der Waals surface area contributed by atoms with Crippen molar-refractivity contribution in [3.63, 3.8) is 0 Å². The molecule has 2 fully saturated rings. The first-order valence-corrected chi connectivity index (χ1v) is 7.41. The Balaban J connectivity index is 0.000000917. The number of rotatable bonds is 2. The SMILES string of the molecule is CC.CCC1CCC2(CC1)CCN([C-]=O)CC2.[Y]. The number of amides is 1. The molecule has 0 bridgehead atoms. The molecular weight excluding hydrogens is 299 g/mol. The molecule has 1 spiro atoms. The summed E-state index contributed by atoms with van der Waals surface area (Å²) in [5, 5.41) is 0. The summed E-state index contributed by atoms with van der Waals surface area (Å²) in [7, 11) is 0. The van der Waals surface area contributed by atoms with Gasteiger partial charge in [-0.1, -0.05) is 27.2 Å². The first kappa shape index (κ1) is 18.6. The molecule has 0 unspecified atom stereocenters. The smallest absolute Gasteiger partial charge is 0 e. The van der Waals surface area contributed by atoms with E-state index in [-0.39, 0.29) is 32.7 Å². The Hall–Kier alpha value is 0.574. The number of piperidine rings is 1. The van der Waals surface area contributed by atoms with E-state index < -0.39 is 0 Å². The van der Waals surface area contributed by atoms with E-state index in [9.17, 15) is 4.79 Å². The summed E-state index contributed by atoms with van der Waals surface area (Å²) in [4.78, 5) is 12.3. The summed E-state index contributed by atoms with van der Waals surface area (Å²) in [6, 6.07) is 0. The molecule has 2 rings (SSSR count). The van der Waals surface area contributed by atoms with E-state index in [4.69, 9.17) is 0 Å². The van der Waals surface area contributed by atoms with Crippen LogP contribution in [0.25, 0.3) is 0 Å². The second-order valence-electron chi connectivity index (χ2n) is 5.43. The van der Waals surface area contributed by atoms with Crippen LogP contribution in [-0.2, 0) is 37.5 Å². The fourth-order valence-corrected chi connectivity index (χ4v) is 3.27. The van der Waals surface area contributed by atoms with Gasteiger partial charge >= 0.3 is 0 Å².